The van der Waals surface area contributed by atoms with Crippen LogP contribution in [-0.4, -0.2) is 27.3 Å². The third-order valence-corrected chi connectivity index (χ3v) is 4.68. The fourth-order valence-electron chi connectivity index (χ4n) is 2.21. The highest BCUT2D eigenvalue weighted by Gasteiger charge is 2.10. The minimum atomic E-state index is 0.451. The Morgan fingerprint density at radius 1 is 1.05 bits per heavy atom. The molecule has 0 saturated heterocycles. The molecule has 0 fully saturated rings. The van der Waals surface area contributed by atoms with Gasteiger partial charge in [0.15, 0.2) is 11.5 Å². The highest BCUT2D eigenvalue weighted by molar-refractivity contribution is 7.99. The number of rotatable bonds is 7. The predicted octanol–water partition coefficient (Wildman–Crippen LogP) is 4.01. The molecule has 1 N–H and O–H groups in total. The van der Waals surface area contributed by atoms with E-state index in [0.29, 0.717) is 6.04 Å². The van der Waals surface area contributed by atoms with Crippen LogP contribution in [0.25, 0.3) is 0 Å². The number of likely N-dealkylation sites (N-methyl/N-ethyl adjacent to an activating group) is 1. The highest BCUT2D eigenvalue weighted by Crippen LogP contribution is 2.36. The van der Waals surface area contributed by atoms with E-state index in [-0.39, 0.29) is 0 Å². The first-order chi connectivity index (χ1) is 10.7. The van der Waals surface area contributed by atoms with Crippen LogP contribution in [0.4, 0.5) is 0 Å². The van der Waals surface area contributed by atoms with E-state index in [1.807, 2.05) is 19.2 Å². The minimum absolute atomic E-state index is 0.451. The molecule has 4 heteroatoms. The molecule has 2 aromatic rings. The molecule has 0 bridgehead atoms. The SMILES string of the molecule is CN[C@H](C)Cc1ccccc1Sc1ccc(OC)c(OC)c1. The van der Waals surface area contributed by atoms with Gasteiger partial charge in [-0.05, 0) is 50.2 Å². The maximum atomic E-state index is 5.38. The Morgan fingerprint density at radius 2 is 1.77 bits per heavy atom. The van der Waals surface area contributed by atoms with E-state index in [1.165, 1.54) is 10.5 Å². The second-order valence-corrected chi connectivity index (χ2v) is 6.24. The predicted molar refractivity (Wildman–Crippen MR) is 92.3 cm³/mol. The van der Waals surface area contributed by atoms with Crippen molar-refractivity contribution in [3.63, 3.8) is 0 Å². The first-order valence-electron chi connectivity index (χ1n) is 7.33. The zero-order valence-corrected chi connectivity index (χ0v) is 14.4. The van der Waals surface area contributed by atoms with E-state index >= 15 is 0 Å². The zero-order chi connectivity index (χ0) is 15.9. The lowest BCUT2D eigenvalue weighted by molar-refractivity contribution is 0.354. The Hall–Kier alpha value is -1.65. The molecule has 0 radical (unpaired) electrons. The summed E-state index contributed by atoms with van der Waals surface area (Å²) in [5.41, 5.74) is 1.35. The van der Waals surface area contributed by atoms with Crippen LogP contribution in [-0.2, 0) is 6.42 Å². The standard InChI is InChI=1S/C18H23NO2S/c1-13(19-2)11-14-7-5-6-8-18(14)22-15-9-10-16(20-3)17(12-15)21-4/h5-10,12-13,19H,11H2,1-4H3/t13-/m1/s1. The largest absolute Gasteiger partial charge is 0.493 e. The van der Waals surface area contributed by atoms with Crippen LogP contribution in [0.15, 0.2) is 52.3 Å². The van der Waals surface area contributed by atoms with Gasteiger partial charge in [-0.1, -0.05) is 30.0 Å². The second kappa shape index (κ2) is 8.11. The molecule has 0 aromatic heterocycles. The van der Waals surface area contributed by atoms with Crippen molar-refractivity contribution in [2.24, 2.45) is 0 Å². The molecule has 0 aliphatic heterocycles. The van der Waals surface area contributed by atoms with Crippen molar-refractivity contribution in [1.82, 2.24) is 5.32 Å². The Balaban J connectivity index is 2.23. The van der Waals surface area contributed by atoms with E-state index in [0.717, 1.165) is 22.8 Å². The monoisotopic (exact) mass is 317 g/mol. The summed E-state index contributed by atoms with van der Waals surface area (Å²) in [5, 5.41) is 3.29. The van der Waals surface area contributed by atoms with E-state index in [4.69, 9.17) is 9.47 Å². The number of ether oxygens (including phenoxy) is 2. The fourth-order valence-corrected chi connectivity index (χ4v) is 3.20. The van der Waals surface area contributed by atoms with Gasteiger partial charge in [0.25, 0.3) is 0 Å². The molecule has 0 saturated carbocycles. The van der Waals surface area contributed by atoms with Crippen LogP contribution < -0.4 is 14.8 Å². The summed E-state index contributed by atoms with van der Waals surface area (Å²) in [6.45, 7) is 2.19. The van der Waals surface area contributed by atoms with E-state index in [9.17, 15) is 0 Å². The molecule has 0 heterocycles. The highest BCUT2D eigenvalue weighted by atomic mass is 32.2. The van der Waals surface area contributed by atoms with Crippen molar-refractivity contribution < 1.29 is 9.47 Å². The molecule has 22 heavy (non-hydrogen) atoms. The Labute approximate surface area is 137 Å². The van der Waals surface area contributed by atoms with Gasteiger partial charge < -0.3 is 14.8 Å². The van der Waals surface area contributed by atoms with Crippen molar-refractivity contribution in [3.05, 3.63) is 48.0 Å². The number of hydrogen-bond donors (Lipinski definition) is 1. The Bertz CT molecular complexity index is 616. The average molecular weight is 317 g/mol. The lowest BCUT2D eigenvalue weighted by atomic mass is 10.1. The lowest BCUT2D eigenvalue weighted by Gasteiger charge is -2.14. The van der Waals surface area contributed by atoms with Crippen LogP contribution in [0, 0.1) is 0 Å². The molecule has 2 rings (SSSR count). The molecule has 0 aliphatic rings. The summed E-state index contributed by atoms with van der Waals surface area (Å²) in [4.78, 5) is 2.42. The van der Waals surface area contributed by atoms with Crippen molar-refractivity contribution in [3.8, 4) is 11.5 Å². The topological polar surface area (TPSA) is 30.5 Å². The summed E-state index contributed by atoms with van der Waals surface area (Å²) in [6.07, 6.45) is 1.01. The second-order valence-electron chi connectivity index (χ2n) is 5.12. The zero-order valence-electron chi connectivity index (χ0n) is 13.6. The molecule has 0 aliphatic carbocycles. The summed E-state index contributed by atoms with van der Waals surface area (Å²) in [5.74, 6) is 1.51. The van der Waals surface area contributed by atoms with Gasteiger partial charge in [0.1, 0.15) is 0 Å². The van der Waals surface area contributed by atoms with Gasteiger partial charge in [-0.2, -0.15) is 0 Å². The van der Waals surface area contributed by atoms with Crippen LogP contribution in [0.2, 0.25) is 0 Å². The lowest BCUT2D eigenvalue weighted by Crippen LogP contribution is -2.23. The molecule has 0 amide bonds. The third kappa shape index (κ3) is 4.18. The summed E-state index contributed by atoms with van der Waals surface area (Å²) < 4.78 is 10.7. The van der Waals surface area contributed by atoms with Crippen molar-refractivity contribution in [1.29, 1.82) is 0 Å². The normalized spacial score (nSPS) is 12.0. The minimum Gasteiger partial charge on any atom is -0.493 e. The van der Waals surface area contributed by atoms with Crippen LogP contribution >= 0.6 is 11.8 Å². The maximum Gasteiger partial charge on any atom is 0.161 e. The molecule has 2 aromatic carbocycles. The average Bonchev–Trinajstić information content (AvgIpc) is 2.56. The van der Waals surface area contributed by atoms with Crippen LogP contribution in [0.5, 0.6) is 11.5 Å². The van der Waals surface area contributed by atoms with E-state index in [1.54, 1.807) is 26.0 Å². The summed E-state index contributed by atoms with van der Waals surface area (Å²) >= 11 is 1.75. The van der Waals surface area contributed by atoms with Crippen molar-refractivity contribution in [2.45, 2.75) is 29.2 Å². The summed E-state index contributed by atoms with van der Waals surface area (Å²) in [7, 11) is 5.31. The van der Waals surface area contributed by atoms with Crippen molar-refractivity contribution >= 4 is 11.8 Å². The molecular formula is C18H23NO2S. The van der Waals surface area contributed by atoms with Gasteiger partial charge >= 0.3 is 0 Å². The molecule has 0 spiro atoms. The van der Waals surface area contributed by atoms with Gasteiger partial charge in [0.05, 0.1) is 14.2 Å². The van der Waals surface area contributed by atoms with Crippen molar-refractivity contribution in [2.75, 3.05) is 21.3 Å². The van der Waals surface area contributed by atoms with Crippen LogP contribution in [0.3, 0.4) is 0 Å². The number of benzene rings is 2. The van der Waals surface area contributed by atoms with E-state index in [2.05, 4.69) is 42.6 Å². The first-order valence-corrected chi connectivity index (χ1v) is 8.14. The number of hydrogen-bond acceptors (Lipinski definition) is 4. The quantitative estimate of drug-likeness (QED) is 0.836. The maximum absolute atomic E-state index is 5.38. The van der Waals surface area contributed by atoms with Gasteiger partial charge in [0, 0.05) is 15.8 Å². The first kappa shape index (κ1) is 16.7. The molecule has 1 atom stereocenters. The summed E-state index contributed by atoms with van der Waals surface area (Å²) in [6, 6.07) is 15.0. The Morgan fingerprint density at radius 3 is 2.45 bits per heavy atom. The Kier molecular flexibility index (Phi) is 6.16. The number of nitrogens with one attached hydrogen (secondary N) is 1. The van der Waals surface area contributed by atoms with Gasteiger partial charge in [-0.15, -0.1) is 0 Å². The molecular weight excluding hydrogens is 294 g/mol. The smallest absolute Gasteiger partial charge is 0.161 e. The number of methoxy groups -OCH3 is 2. The van der Waals surface area contributed by atoms with E-state index < -0.39 is 0 Å². The van der Waals surface area contributed by atoms with Gasteiger partial charge in [-0.3, -0.25) is 0 Å². The van der Waals surface area contributed by atoms with Gasteiger partial charge in [-0.25, -0.2) is 0 Å². The van der Waals surface area contributed by atoms with Crippen LogP contribution in [0.1, 0.15) is 12.5 Å². The fraction of sp³-hybridized carbons (Fsp3) is 0.333. The van der Waals surface area contributed by atoms with Gasteiger partial charge in [0.2, 0.25) is 0 Å². The molecule has 0 unspecified atom stereocenters. The molecule has 118 valence electrons. The third-order valence-electron chi connectivity index (χ3n) is 3.57. The molecule has 3 nitrogen and oxygen atoms in total.